The number of carbonyl (C=O) groups is 1. The summed E-state index contributed by atoms with van der Waals surface area (Å²) in [5.41, 5.74) is -0.0743. The molecular formula is C28H28ClF3N4O5S. The van der Waals surface area contributed by atoms with E-state index >= 15 is 8.78 Å². The first-order valence-corrected chi connectivity index (χ1v) is 14.8. The molecule has 0 aliphatic carbocycles. The summed E-state index contributed by atoms with van der Waals surface area (Å²) in [6.45, 7) is 2.19. The van der Waals surface area contributed by atoms with Gasteiger partial charge in [0.05, 0.1) is 26.5 Å². The van der Waals surface area contributed by atoms with Crippen LogP contribution in [0.1, 0.15) is 25.3 Å². The second-order valence-corrected chi connectivity index (χ2v) is 12.7. The van der Waals surface area contributed by atoms with Gasteiger partial charge in [-0.2, -0.15) is 4.39 Å². The predicted octanol–water partition coefficient (Wildman–Crippen LogP) is 4.67. The molecule has 9 nitrogen and oxygen atoms in total. The average Bonchev–Trinajstić information content (AvgIpc) is 3.34. The van der Waals surface area contributed by atoms with Crippen LogP contribution in [0.25, 0.3) is 0 Å². The molecule has 2 fully saturated rings. The second-order valence-electron chi connectivity index (χ2n) is 10.5. The molecule has 224 valence electrons. The number of rotatable bonds is 9. The number of β-lactam (4-membered cyclic amide) rings is 1. The number of benzene rings is 2. The van der Waals surface area contributed by atoms with Crippen molar-refractivity contribution in [2.75, 3.05) is 36.5 Å². The van der Waals surface area contributed by atoms with Gasteiger partial charge in [-0.1, -0.05) is 24.6 Å². The van der Waals surface area contributed by atoms with Crippen molar-refractivity contribution in [3.05, 3.63) is 70.6 Å². The van der Waals surface area contributed by atoms with Crippen molar-refractivity contribution in [3.8, 4) is 11.5 Å². The molecule has 2 unspecified atom stereocenters. The van der Waals surface area contributed by atoms with Crippen molar-refractivity contribution in [3.63, 3.8) is 0 Å². The molecular weight excluding hydrogens is 597 g/mol. The quantitative estimate of drug-likeness (QED) is 0.210. The highest BCUT2D eigenvalue weighted by atomic mass is 35.5. The molecule has 1 amide bonds. The van der Waals surface area contributed by atoms with Crippen LogP contribution in [0.4, 0.5) is 24.7 Å². The van der Waals surface area contributed by atoms with Gasteiger partial charge in [0.25, 0.3) is 10.0 Å². The third-order valence-electron chi connectivity index (χ3n) is 7.82. The van der Waals surface area contributed by atoms with Crippen LogP contribution >= 0.6 is 11.6 Å². The average molecular weight is 625 g/mol. The Bertz CT molecular complexity index is 1650. The number of hydrogen-bond acceptors (Lipinski definition) is 7. The van der Waals surface area contributed by atoms with E-state index in [1.165, 1.54) is 38.5 Å². The van der Waals surface area contributed by atoms with Crippen LogP contribution in [0.2, 0.25) is 5.02 Å². The summed E-state index contributed by atoms with van der Waals surface area (Å²) in [7, 11) is -2.26. The van der Waals surface area contributed by atoms with Crippen molar-refractivity contribution >= 4 is 39.0 Å². The third kappa shape index (κ3) is 5.31. The summed E-state index contributed by atoms with van der Waals surface area (Å²) in [6, 6.07) is 8.80. The monoisotopic (exact) mass is 624 g/mol. The normalized spacial score (nSPS) is 20.2. The van der Waals surface area contributed by atoms with Crippen LogP contribution in [0.3, 0.4) is 0 Å². The molecule has 3 aromatic rings. The zero-order chi connectivity index (χ0) is 30.4. The van der Waals surface area contributed by atoms with Crippen LogP contribution in [0.5, 0.6) is 11.5 Å². The lowest BCUT2D eigenvalue weighted by molar-refractivity contribution is -0.130. The molecule has 2 atom stereocenters. The summed E-state index contributed by atoms with van der Waals surface area (Å²) >= 11 is 6.37. The zero-order valence-corrected chi connectivity index (χ0v) is 24.5. The Morgan fingerprint density at radius 2 is 1.90 bits per heavy atom. The standard InChI is InChI=1S/C28H28ClF3N4O5S/c1-28(21-13-24(37)33-21)9-10-35(15-28)19-12-18(30)27(26(32)25(19)29)42(38,39)36(23-6-4-5-22(31)34-23)14-16-7-8-17(40-2)11-20(16)41-3/h4-8,11-12,21H,9-10,13-15H2,1-3H3,(H,33,37). The lowest BCUT2D eigenvalue weighted by atomic mass is 9.76. The summed E-state index contributed by atoms with van der Waals surface area (Å²) in [6.07, 6.45) is 0.987. The number of ether oxygens (including phenoxy) is 2. The summed E-state index contributed by atoms with van der Waals surface area (Å²) in [5, 5.41) is 2.27. The van der Waals surface area contributed by atoms with Gasteiger partial charge in [0.15, 0.2) is 10.7 Å². The number of hydrogen-bond donors (Lipinski definition) is 1. The van der Waals surface area contributed by atoms with Crippen LogP contribution in [-0.2, 0) is 21.4 Å². The zero-order valence-electron chi connectivity index (χ0n) is 23.0. The minimum absolute atomic E-state index is 0.00718. The second kappa shape index (κ2) is 11.2. The number of pyridine rings is 1. The fraction of sp³-hybridized carbons (Fsp3) is 0.357. The Morgan fingerprint density at radius 3 is 2.55 bits per heavy atom. The van der Waals surface area contributed by atoms with Crippen LogP contribution in [-0.4, -0.2) is 52.7 Å². The van der Waals surface area contributed by atoms with Crippen molar-refractivity contribution in [2.24, 2.45) is 5.41 Å². The van der Waals surface area contributed by atoms with Gasteiger partial charge in [-0.25, -0.2) is 26.5 Å². The molecule has 2 aliphatic heterocycles. The van der Waals surface area contributed by atoms with Gasteiger partial charge in [-0.15, -0.1) is 0 Å². The minimum Gasteiger partial charge on any atom is -0.497 e. The Balaban J connectivity index is 1.55. The Hall–Kier alpha value is -3.71. The Labute approximate surface area is 246 Å². The number of methoxy groups -OCH3 is 2. The first-order valence-electron chi connectivity index (χ1n) is 13.0. The van der Waals surface area contributed by atoms with Crippen LogP contribution in [0, 0.1) is 23.0 Å². The van der Waals surface area contributed by atoms with Crippen molar-refractivity contribution in [1.82, 2.24) is 10.3 Å². The molecule has 1 aromatic heterocycles. The lowest BCUT2D eigenvalue weighted by Crippen LogP contribution is -2.57. The van der Waals surface area contributed by atoms with E-state index < -0.39 is 49.9 Å². The van der Waals surface area contributed by atoms with Crippen molar-refractivity contribution in [2.45, 2.75) is 37.2 Å². The van der Waals surface area contributed by atoms with Gasteiger partial charge in [0, 0.05) is 48.7 Å². The highest BCUT2D eigenvalue weighted by Gasteiger charge is 2.47. The lowest BCUT2D eigenvalue weighted by Gasteiger charge is -2.40. The number of carbonyl (C=O) groups excluding carboxylic acids is 1. The number of sulfonamides is 1. The third-order valence-corrected chi connectivity index (χ3v) is 9.97. The van der Waals surface area contributed by atoms with Gasteiger partial charge in [-0.05, 0) is 30.7 Å². The van der Waals surface area contributed by atoms with E-state index in [4.69, 9.17) is 21.1 Å². The van der Waals surface area contributed by atoms with Gasteiger partial charge < -0.3 is 19.7 Å². The van der Waals surface area contributed by atoms with E-state index in [9.17, 15) is 17.6 Å². The van der Waals surface area contributed by atoms with Gasteiger partial charge >= 0.3 is 0 Å². The maximum absolute atomic E-state index is 15.9. The SMILES string of the molecule is COc1ccc(CN(c2cccc(F)n2)S(=O)(=O)c2c(F)cc(N3CCC(C)(C4CC(=O)N4)C3)c(Cl)c2F)c(OC)c1. The number of amides is 1. The molecule has 42 heavy (non-hydrogen) atoms. The summed E-state index contributed by atoms with van der Waals surface area (Å²) < 4.78 is 84.9. The molecule has 0 radical (unpaired) electrons. The molecule has 3 heterocycles. The smallest absolute Gasteiger partial charge is 0.271 e. The van der Waals surface area contributed by atoms with Gasteiger partial charge in [0.1, 0.15) is 28.2 Å². The highest BCUT2D eigenvalue weighted by Crippen LogP contribution is 2.44. The summed E-state index contributed by atoms with van der Waals surface area (Å²) in [5.74, 6) is -3.69. The molecule has 14 heteroatoms. The van der Waals surface area contributed by atoms with Gasteiger partial charge in [-0.3, -0.25) is 4.79 Å². The summed E-state index contributed by atoms with van der Waals surface area (Å²) in [4.78, 5) is 15.5. The maximum atomic E-state index is 15.9. The van der Waals surface area contributed by atoms with Crippen LogP contribution < -0.4 is 24.0 Å². The maximum Gasteiger partial charge on any atom is 0.271 e. The predicted molar refractivity (Wildman–Crippen MR) is 150 cm³/mol. The molecule has 0 spiro atoms. The van der Waals surface area contributed by atoms with Crippen LogP contribution in [0.15, 0.2) is 47.4 Å². The van der Waals surface area contributed by atoms with E-state index in [0.29, 0.717) is 36.0 Å². The molecule has 2 aromatic carbocycles. The largest absolute Gasteiger partial charge is 0.497 e. The first-order chi connectivity index (χ1) is 19.9. The van der Waals surface area contributed by atoms with E-state index in [0.717, 1.165) is 12.1 Å². The fourth-order valence-electron chi connectivity index (χ4n) is 5.36. The molecule has 2 saturated heterocycles. The van der Waals surface area contributed by atoms with Crippen molar-refractivity contribution in [1.29, 1.82) is 0 Å². The number of anilines is 2. The molecule has 0 saturated carbocycles. The minimum atomic E-state index is -5.05. The highest BCUT2D eigenvalue weighted by molar-refractivity contribution is 7.92. The fourth-order valence-corrected chi connectivity index (χ4v) is 7.20. The molecule has 5 rings (SSSR count). The van der Waals surface area contributed by atoms with Gasteiger partial charge in [0.2, 0.25) is 11.9 Å². The van der Waals surface area contributed by atoms with E-state index in [-0.39, 0.29) is 34.4 Å². The molecule has 0 bridgehead atoms. The van der Waals surface area contributed by atoms with Crippen molar-refractivity contribution < 1.29 is 35.9 Å². The number of halogens is 4. The topological polar surface area (TPSA) is 101 Å². The van der Waals surface area contributed by atoms with E-state index in [2.05, 4.69) is 10.3 Å². The molecule has 2 aliphatic rings. The number of nitrogens with zero attached hydrogens (tertiary/aromatic N) is 3. The number of aromatic nitrogens is 1. The first kappa shape index (κ1) is 29.8. The number of nitrogens with one attached hydrogen (secondary N) is 1. The van der Waals surface area contributed by atoms with E-state index in [1.807, 2.05) is 6.92 Å². The van der Waals surface area contributed by atoms with E-state index in [1.54, 1.807) is 11.0 Å². The Morgan fingerprint density at radius 1 is 1.17 bits per heavy atom. The molecule has 1 N–H and O–H groups in total. The Kier molecular flexibility index (Phi) is 7.92.